The maximum absolute atomic E-state index is 13.9. The summed E-state index contributed by atoms with van der Waals surface area (Å²) >= 11 is 0. The second kappa shape index (κ2) is 21.7. The smallest absolute Gasteiger partial charge is 0.411 e. The molecule has 0 fully saturated rings. The van der Waals surface area contributed by atoms with E-state index in [2.05, 4.69) is 93.7 Å². The first-order valence-electron chi connectivity index (χ1n) is 23.3. The predicted molar refractivity (Wildman–Crippen MR) is 261 cm³/mol. The van der Waals surface area contributed by atoms with Gasteiger partial charge in [0.05, 0.1) is 43.3 Å². The van der Waals surface area contributed by atoms with Crippen LogP contribution in [0.1, 0.15) is 103 Å². The molecule has 0 saturated heterocycles. The minimum Gasteiger partial charge on any atom is -0.493 e. The van der Waals surface area contributed by atoms with Gasteiger partial charge in [0.1, 0.15) is 29.6 Å². The molecule has 1 amide bonds. The summed E-state index contributed by atoms with van der Waals surface area (Å²) < 4.78 is 33.0. The molecule has 0 atom stereocenters. The number of ether oxygens (including phenoxy) is 5. The molecule has 0 radical (unpaired) electrons. The number of hydrogen-bond acceptors (Lipinski definition) is 7. The Balaban J connectivity index is 1.41. The molecule has 1 N–H and O–H groups in total. The number of nitrogens with one attached hydrogen (secondary N) is 1. The van der Waals surface area contributed by atoms with E-state index in [4.69, 9.17) is 28.7 Å². The fraction of sp³-hybridized carbons (Fsp3) is 0.298. The normalized spacial score (nSPS) is 12.1. The fourth-order valence-corrected chi connectivity index (χ4v) is 8.66. The maximum Gasteiger partial charge on any atom is 0.411 e. The number of pyridine rings is 1. The Morgan fingerprint density at radius 1 is 0.508 bits per heavy atom. The van der Waals surface area contributed by atoms with Crippen LogP contribution in [0.2, 0.25) is 0 Å². The molecule has 8 nitrogen and oxygen atoms in total. The van der Waals surface area contributed by atoms with Gasteiger partial charge >= 0.3 is 6.09 Å². The van der Waals surface area contributed by atoms with Gasteiger partial charge in [0.15, 0.2) is 0 Å². The minimum absolute atomic E-state index is 0.129. The van der Waals surface area contributed by atoms with Crippen molar-refractivity contribution < 1.29 is 28.5 Å². The number of hydrogen-bond donors (Lipinski definition) is 1. The number of aromatic nitrogens is 1. The highest BCUT2D eigenvalue weighted by molar-refractivity contribution is 6.03. The number of benzene rings is 6. The second-order valence-corrected chi connectivity index (χ2v) is 16.7. The third-order valence-electron chi connectivity index (χ3n) is 11.6. The van der Waals surface area contributed by atoms with E-state index in [9.17, 15) is 4.79 Å². The van der Waals surface area contributed by atoms with Crippen molar-refractivity contribution in [2.24, 2.45) is 0 Å². The number of anilines is 1. The summed E-state index contributed by atoms with van der Waals surface area (Å²) in [5.41, 5.74) is 12.2. The van der Waals surface area contributed by atoms with Crippen LogP contribution in [0.4, 0.5) is 10.5 Å². The van der Waals surface area contributed by atoms with Crippen LogP contribution in [0.3, 0.4) is 0 Å². The van der Waals surface area contributed by atoms with Crippen molar-refractivity contribution in [1.29, 1.82) is 0 Å². The van der Waals surface area contributed by atoms with Crippen LogP contribution in [0.25, 0.3) is 22.2 Å². The summed E-state index contributed by atoms with van der Waals surface area (Å²) in [6, 6.07) is 43.3. The molecule has 0 saturated carbocycles. The van der Waals surface area contributed by atoms with Crippen molar-refractivity contribution in [2.45, 2.75) is 85.7 Å². The Labute approximate surface area is 383 Å². The molecule has 8 bridgehead atoms. The molecule has 1 aliphatic carbocycles. The predicted octanol–water partition coefficient (Wildman–Crippen LogP) is 13.5. The molecule has 6 aromatic carbocycles. The number of para-hydroxylation sites is 3. The molecule has 65 heavy (non-hydrogen) atoms. The summed E-state index contributed by atoms with van der Waals surface area (Å²) in [5.74, 6) is 3.41. The van der Waals surface area contributed by atoms with Crippen LogP contribution in [0.5, 0.6) is 23.0 Å². The molecule has 1 aromatic heterocycles. The van der Waals surface area contributed by atoms with Crippen LogP contribution in [0, 0.1) is 0 Å². The topological polar surface area (TPSA) is 88.1 Å². The number of nitrogens with zero attached hydrogens (tertiary/aromatic N) is 1. The average Bonchev–Trinajstić information content (AvgIpc) is 3.32. The molecule has 0 spiro atoms. The van der Waals surface area contributed by atoms with Gasteiger partial charge in [-0.15, -0.1) is 0 Å². The molecule has 1 aliphatic rings. The van der Waals surface area contributed by atoms with Crippen molar-refractivity contribution >= 4 is 22.7 Å². The molecular formula is C57H60N2O6. The van der Waals surface area contributed by atoms with Gasteiger partial charge in [0, 0.05) is 47.8 Å². The molecule has 1 heterocycles. The van der Waals surface area contributed by atoms with Gasteiger partial charge in [-0.25, -0.2) is 9.78 Å². The number of rotatable bonds is 16. The zero-order chi connectivity index (χ0) is 45.0. The van der Waals surface area contributed by atoms with Crippen LogP contribution < -0.4 is 24.3 Å². The second-order valence-electron chi connectivity index (χ2n) is 16.7. The van der Waals surface area contributed by atoms with Crippen LogP contribution in [0.15, 0.2) is 127 Å². The van der Waals surface area contributed by atoms with Gasteiger partial charge in [0.2, 0.25) is 0 Å². The van der Waals surface area contributed by atoms with Gasteiger partial charge in [-0.05, 0) is 76.8 Å². The molecule has 0 unspecified atom stereocenters. The summed E-state index contributed by atoms with van der Waals surface area (Å²) in [6.45, 7) is 10.9. The third-order valence-corrected chi connectivity index (χ3v) is 11.6. The van der Waals surface area contributed by atoms with Crippen molar-refractivity contribution in [2.75, 3.05) is 31.7 Å². The van der Waals surface area contributed by atoms with Crippen LogP contribution >= 0.6 is 0 Å². The van der Waals surface area contributed by atoms with E-state index in [0.717, 1.165) is 121 Å². The molecular weight excluding hydrogens is 809 g/mol. The summed E-state index contributed by atoms with van der Waals surface area (Å²) in [6.07, 6.45) is 5.07. The molecule has 8 heteroatoms. The fourth-order valence-electron chi connectivity index (χ4n) is 8.66. The number of carbonyl (C=O) groups is 1. The number of fused-ring (bicyclic) bond motifs is 10. The van der Waals surface area contributed by atoms with Crippen LogP contribution in [-0.4, -0.2) is 37.5 Å². The largest absolute Gasteiger partial charge is 0.493 e. The molecule has 8 rings (SSSR count). The average molecular weight is 869 g/mol. The SMILES string of the molecule is CCCOc1c2cccc1Cc1cccc(c1OCCC)Cc1c(OCCC)c(cc3nc(-c4ccccc4)cc(NC(=O)OCc4ccccc4)c13)Cc1cccc(c1OCCC)C2. The van der Waals surface area contributed by atoms with Gasteiger partial charge in [-0.1, -0.05) is 143 Å². The minimum atomic E-state index is -0.562. The summed E-state index contributed by atoms with van der Waals surface area (Å²) in [4.78, 5) is 19.3. The zero-order valence-electron chi connectivity index (χ0n) is 38.2. The Morgan fingerprint density at radius 3 is 1.45 bits per heavy atom. The lowest BCUT2D eigenvalue weighted by molar-refractivity contribution is 0.155. The highest BCUT2D eigenvalue weighted by Gasteiger charge is 2.26. The highest BCUT2D eigenvalue weighted by Crippen LogP contribution is 2.44. The van der Waals surface area contributed by atoms with Crippen molar-refractivity contribution in [1.82, 2.24) is 4.98 Å². The van der Waals surface area contributed by atoms with Crippen molar-refractivity contribution in [3.8, 4) is 34.3 Å². The Hall–Kier alpha value is -6.80. The first-order valence-corrected chi connectivity index (χ1v) is 23.3. The lowest BCUT2D eigenvalue weighted by Crippen LogP contribution is -2.15. The zero-order valence-corrected chi connectivity index (χ0v) is 38.2. The molecule has 0 aliphatic heterocycles. The Morgan fingerprint density at radius 2 is 0.954 bits per heavy atom. The van der Waals surface area contributed by atoms with E-state index in [1.54, 1.807) is 0 Å². The molecule has 7 aromatic rings. The number of carbonyl (C=O) groups excluding carboxylic acids is 1. The quantitative estimate of drug-likeness (QED) is 0.103. The van der Waals surface area contributed by atoms with E-state index in [0.29, 0.717) is 57.8 Å². The van der Waals surface area contributed by atoms with E-state index in [1.165, 1.54) is 0 Å². The van der Waals surface area contributed by atoms with Gasteiger partial charge in [0.25, 0.3) is 0 Å². The van der Waals surface area contributed by atoms with Gasteiger partial charge < -0.3 is 23.7 Å². The molecule has 334 valence electrons. The van der Waals surface area contributed by atoms with Crippen molar-refractivity contribution in [3.63, 3.8) is 0 Å². The Kier molecular flexibility index (Phi) is 15.0. The number of amides is 1. The van der Waals surface area contributed by atoms with Gasteiger partial charge in [-0.3, -0.25) is 5.32 Å². The summed E-state index contributed by atoms with van der Waals surface area (Å²) in [7, 11) is 0. The van der Waals surface area contributed by atoms with E-state index < -0.39 is 6.09 Å². The first-order chi connectivity index (χ1) is 32.0. The standard InChI is InChI=1S/C57H60N2O6/c1-5-28-61-53-41-22-15-23-42(53)33-44-25-17-27-46(55(44)63-30-7-3)35-48-52-50(36-47(56(48)64-31-8-4)34-45-26-16-24-43(32-41)54(45)62-29-6-2)58-49(40-20-13-10-14-21-40)37-51(52)59-57(60)65-38-39-18-11-9-12-19-39/h9-27,36-37H,5-8,28-35,38H2,1-4H3,(H,58,59,60). The first kappa shape index (κ1) is 44.8. The Bertz CT molecular complexity index is 2720. The van der Waals surface area contributed by atoms with E-state index in [1.807, 2.05) is 66.7 Å². The maximum atomic E-state index is 13.9. The lowest BCUT2D eigenvalue weighted by Gasteiger charge is -2.24. The highest BCUT2D eigenvalue weighted by atomic mass is 16.5. The lowest BCUT2D eigenvalue weighted by atomic mass is 9.89. The van der Waals surface area contributed by atoms with Crippen LogP contribution in [-0.2, 0) is 37.0 Å². The monoisotopic (exact) mass is 868 g/mol. The summed E-state index contributed by atoms with van der Waals surface area (Å²) in [5, 5.41) is 3.97. The third kappa shape index (κ3) is 10.6. The van der Waals surface area contributed by atoms with Gasteiger partial charge in [-0.2, -0.15) is 0 Å². The van der Waals surface area contributed by atoms with E-state index >= 15 is 0 Å². The van der Waals surface area contributed by atoms with E-state index in [-0.39, 0.29) is 6.61 Å². The van der Waals surface area contributed by atoms with Crippen molar-refractivity contribution in [3.05, 3.63) is 177 Å².